The summed E-state index contributed by atoms with van der Waals surface area (Å²) >= 11 is 0. The molecule has 6 heteroatoms. The molecule has 0 amide bonds. The van der Waals surface area contributed by atoms with Crippen LogP contribution in [0.1, 0.15) is 0 Å². The van der Waals surface area contributed by atoms with E-state index in [0.717, 1.165) is 0 Å². The van der Waals surface area contributed by atoms with Crippen molar-refractivity contribution in [2.75, 3.05) is 5.75 Å². The van der Waals surface area contributed by atoms with Gasteiger partial charge >= 0.3 is 5.51 Å². The lowest BCUT2D eigenvalue weighted by Gasteiger charge is -2.02. The van der Waals surface area contributed by atoms with Crippen LogP contribution in [0.4, 0.5) is 13.2 Å². The molecule has 0 aliphatic rings. The number of hydrogen-bond acceptors (Lipinski definition) is 2. The minimum atomic E-state index is -5.22. The monoisotopic (exact) mass is 172 g/mol. The van der Waals surface area contributed by atoms with Crippen molar-refractivity contribution in [2.24, 2.45) is 0 Å². The fraction of sp³-hybridized carbons (Fsp3) is 0.500. The normalized spacial score (nSPS) is 12.6. The largest absolute Gasteiger partial charge is 0.498 e. The van der Waals surface area contributed by atoms with Crippen LogP contribution in [0.25, 0.3) is 0 Å². The van der Waals surface area contributed by atoms with Gasteiger partial charge in [0, 0.05) is 0 Å². The van der Waals surface area contributed by atoms with Gasteiger partial charge in [-0.1, -0.05) is 5.92 Å². The van der Waals surface area contributed by atoms with E-state index in [1.807, 2.05) is 0 Å². The fourth-order valence-electron chi connectivity index (χ4n) is 0.192. The van der Waals surface area contributed by atoms with Gasteiger partial charge in [-0.25, -0.2) is 8.42 Å². The van der Waals surface area contributed by atoms with Gasteiger partial charge in [0.2, 0.25) is 0 Å². The van der Waals surface area contributed by atoms with Gasteiger partial charge in [0.25, 0.3) is 9.84 Å². The van der Waals surface area contributed by atoms with Crippen LogP contribution in [0.5, 0.6) is 0 Å². The third-order valence-corrected chi connectivity index (χ3v) is 1.88. The standard InChI is InChI=1S/C4H3F3O2S/c1-2-3-10(8,9)4(5,6)7/h1H,3H2. The molecule has 0 aliphatic heterocycles. The number of halogens is 3. The maximum atomic E-state index is 11.3. The highest BCUT2D eigenvalue weighted by Gasteiger charge is 2.44. The molecule has 0 radical (unpaired) electrons. The highest BCUT2D eigenvalue weighted by Crippen LogP contribution is 2.22. The Hall–Kier alpha value is -0.700. The minimum Gasteiger partial charge on any atom is -0.219 e. The molecule has 0 aliphatic carbocycles. The van der Waals surface area contributed by atoms with Crippen molar-refractivity contribution in [1.82, 2.24) is 0 Å². The summed E-state index contributed by atoms with van der Waals surface area (Å²) in [6, 6.07) is 0. The lowest BCUT2D eigenvalue weighted by Crippen LogP contribution is -2.25. The van der Waals surface area contributed by atoms with Crippen LogP contribution in [0, 0.1) is 12.3 Å². The Bertz CT molecular complexity index is 243. The van der Waals surface area contributed by atoms with E-state index in [4.69, 9.17) is 0 Å². The summed E-state index contributed by atoms with van der Waals surface area (Å²) in [7, 11) is -5.08. The van der Waals surface area contributed by atoms with Gasteiger partial charge in [0.05, 0.1) is 0 Å². The average molecular weight is 172 g/mol. The Morgan fingerprint density at radius 1 is 1.40 bits per heavy atom. The van der Waals surface area contributed by atoms with E-state index in [1.54, 1.807) is 0 Å². The molecule has 58 valence electrons. The van der Waals surface area contributed by atoms with Gasteiger partial charge in [-0.15, -0.1) is 6.42 Å². The van der Waals surface area contributed by atoms with E-state index in [9.17, 15) is 21.6 Å². The van der Waals surface area contributed by atoms with E-state index in [1.165, 1.54) is 5.92 Å². The first-order valence-corrected chi connectivity index (χ1v) is 3.69. The Kier molecular flexibility index (Phi) is 2.33. The smallest absolute Gasteiger partial charge is 0.219 e. The molecule has 0 aromatic carbocycles. The minimum absolute atomic E-state index is 1.30. The quantitative estimate of drug-likeness (QED) is 0.541. The molecule has 0 aromatic heterocycles. The van der Waals surface area contributed by atoms with Crippen LogP contribution in [-0.4, -0.2) is 19.7 Å². The fourth-order valence-corrected chi connectivity index (χ4v) is 0.575. The second kappa shape index (κ2) is 2.50. The van der Waals surface area contributed by atoms with Gasteiger partial charge in [-0.05, 0) is 0 Å². The molecule has 0 saturated carbocycles. The van der Waals surface area contributed by atoms with Crippen LogP contribution in [-0.2, 0) is 9.84 Å². The highest BCUT2D eigenvalue weighted by molar-refractivity contribution is 7.92. The topological polar surface area (TPSA) is 34.1 Å². The SMILES string of the molecule is C#CCS(=O)(=O)C(F)(F)F. The number of hydrogen-bond donors (Lipinski definition) is 0. The third kappa shape index (κ3) is 1.92. The van der Waals surface area contributed by atoms with Crippen molar-refractivity contribution >= 4 is 9.84 Å². The Morgan fingerprint density at radius 2 is 1.80 bits per heavy atom. The van der Waals surface area contributed by atoms with E-state index >= 15 is 0 Å². The summed E-state index contributed by atoms with van der Waals surface area (Å²) in [6.07, 6.45) is 4.38. The number of sulfone groups is 1. The maximum Gasteiger partial charge on any atom is 0.498 e. The van der Waals surface area contributed by atoms with Gasteiger partial charge in [0.1, 0.15) is 5.75 Å². The van der Waals surface area contributed by atoms with E-state index in [0.29, 0.717) is 0 Å². The highest BCUT2D eigenvalue weighted by atomic mass is 32.2. The molecule has 0 spiro atoms. The number of terminal acetylenes is 1. The van der Waals surface area contributed by atoms with Gasteiger partial charge in [-0.3, -0.25) is 0 Å². The van der Waals surface area contributed by atoms with Crippen LogP contribution in [0.2, 0.25) is 0 Å². The summed E-state index contributed by atoms with van der Waals surface area (Å²) < 4.78 is 54.0. The van der Waals surface area contributed by atoms with E-state index < -0.39 is 21.1 Å². The average Bonchev–Trinajstić information content (AvgIpc) is 1.61. The zero-order valence-corrected chi connectivity index (χ0v) is 5.46. The zero-order chi connectivity index (χ0) is 8.41. The van der Waals surface area contributed by atoms with E-state index in [-0.39, 0.29) is 0 Å². The van der Waals surface area contributed by atoms with Crippen LogP contribution in [0.15, 0.2) is 0 Å². The van der Waals surface area contributed by atoms with Gasteiger partial charge < -0.3 is 0 Å². The molecule has 0 aromatic rings. The second-order valence-corrected chi connectivity index (χ2v) is 3.39. The third-order valence-electron chi connectivity index (χ3n) is 0.626. The van der Waals surface area contributed by atoms with Crippen LogP contribution < -0.4 is 0 Å². The number of rotatable bonds is 1. The molecular weight excluding hydrogens is 169 g/mol. The summed E-state index contributed by atoms with van der Waals surface area (Å²) in [4.78, 5) is 0. The summed E-state index contributed by atoms with van der Waals surface area (Å²) in [5.74, 6) is 0.111. The lowest BCUT2D eigenvalue weighted by molar-refractivity contribution is -0.0432. The molecule has 0 bridgehead atoms. The summed E-state index contributed by atoms with van der Waals surface area (Å²) in [5, 5.41) is 0. The first kappa shape index (κ1) is 9.30. The molecule has 0 atom stereocenters. The van der Waals surface area contributed by atoms with Crippen molar-refractivity contribution < 1.29 is 21.6 Å². The first-order valence-electron chi connectivity index (χ1n) is 2.04. The predicted molar refractivity (Wildman–Crippen MR) is 28.7 cm³/mol. The lowest BCUT2D eigenvalue weighted by atomic mass is 10.8. The molecule has 2 nitrogen and oxygen atoms in total. The van der Waals surface area contributed by atoms with Crippen molar-refractivity contribution in [3.05, 3.63) is 0 Å². The van der Waals surface area contributed by atoms with Crippen molar-refractivity contribution in [3.8, 4) is 12.3 Å². The zero-order valence-electron chi connectivity index (χ0n) is 4.64. The molecule has 10 heavy (non-hydrogen) atoms. The molecule has 0 unspecified atom stereocenters. The molecule has 0 N–H and O–H groups in total. The van der Waals surface area contributed by atoms with Crippen LogP contribution >= 0.6 is 0 Å². The maximum absolute atomic E-state index is 11.3. The Morgan fingerprint density at radius 3 is 1.90 bits per heavy atom. The Labute approximate surface area is 56.0 Å². The Balaban J connectivity index is 4.65. The van der Waals surface area contributed by atoms with E-state index in [2.05, 4.69) is 6.42 Å². The van der Waals surface area contributed by atoms with Gasteiger partial charge in [0.15, 0.2) is 0 Å². The first-order chi connectivity index (χ1) is 4.31. The van der Waals surface area contributed by atoms with Crippen molar-refractivity contribution in [1.29, 1.82) is 0 Å². The van der Waals surface area contributed by atoms with Crippen LogP contribution in [0.3, 0.4) is 0 Å². The van der Waals surface area contributed by atoms with Gasteiger partial charge in [-0.2, -0.15) is 13.2 Å². The predicted octanol–water partition coefficient (Wildman–Crippen LogP) is 0.554. The molecule has 0 heterocycles. The molecular formula is C4H3F3O2S. The van der Waals surface area contributed by atoms with Crippen molar-refractivity contribution in [3.63, 3.8) is 0 Å². The molecule has 0 saturated heterocycles. The molecule has 0 fully saturated rings. The summed E-state index contributed by atoms with van der Waals surface area (Å²) in [6.45, 7) is 0. The van der Waals surface area contributed by atoms with Crippen molar-refractivity contribution in [2.45, 2.75) is 5.51 Å². The second-order valence-electron chi connectivity index (χ2n) is 1.41. The summed E-state index contributed by atoms with van der Waals surface area (Å²) in [5.41, 5.74) is -5.22. The number of alkyl halides is 3. The molecule has 0 rings (SSSR count).